The number of terminal acetylenes is 1. The number of hydrogen-bond acceptors (Lipinski definition) is 4. The van der Waals surface area contributed by atoms with Gasteiger partial charge in [-0.2, -0.15) is 15.3 Å². The molecular weight excluding hydrogens is 278 g/mol. The van der Waals surface area contributed by atoms with Gasteiger partial charge in [-0.3, -0.25) is 9.48 Å². The van der Waals surface area contributed by atoms with Crippen molar-refractivity contribution in [2.75, 3.05) is 6.54 Å². The van der Waals surface area contributed by atoms with Crippen LogP contribution in [0.3, 0.4) is 0 Å². The number of aromatic nitrogens is 2. The third-order valence-corrected chi connectivity index (χ3v) is 4.45. The van der Waals surface area contributed by atoms with Crippen molar-refractivity contribution in [1.82, 2.24) is 14.7 Å². The lowest BCUT2D eigenvalue weighted by Crippen LogP contribution is -2.38. The molecule has 1 unspecified atom stereocenters. The van der Waals surface area contributed by atoms with E-state index in [1.165, 1.54) is 0 Å². The molecule has 1 fully saturated rings. The molecule has 0 aromatic carbocycles. The first-order valence-electron chi connectivity index (χ1n) is 7.87. The molecule has 0 radical (unpaired) electrons. The van der Waals surface area contributed by atoms with Crippen molar-refractivity contribution in [3.05, 3.63) is 18.5 Å². The molecule has 0 bridgehead atoms. The van der Waals surface area contributed by atoms with Crippen molar-refractivity contribution in [2.24, 2.45) is 10.2 Å². The van der Waals surface area contributed by atoms with Crippen molar-refractivity contribution in [3.63, 3.8) is 0 Å². The fourth-order valence-corrected chi connectivity index (χ4v) is 3.10. The van der Waals surface area contributed by atoms with Crippen LogP contribution in [0.25, 0.3) is 0 Å². The van der Waals surface area contributed by atoms with Gasteiger partial charge in [0.2, 0.25) is 5.91 Å². The van der Waals surface area contributed by atoms with Gasteiger partial charge in [0.15, 0.2) is 5.66 Å². The number of amides is 1. The molecule has 0 spiro atoms. The summed E-state index contributed by atoms with van der Waals surface area (Å²) in [6.07, 6.45) is 13.7. The van der Waals surface area contributed by atoms with Crippen LogP contribution >= 0.6 is 0 Å². The Hall–Kier alpha value is -2.16. The molecule has 116 valence electrons. The van der Waals surface area contributed by atoms with Gasteiger partial charge in [0.1, 0.15) is 0 Å². The number of carbonyl (C=O) groups excluding carboxylic acids is 1. The Morgan fingerprint density at radius 3 is 2.95 bits per heavy atom. The number of hydrogen-bond donors (Lipinski definition) is 0. The van der Waals surface area contributed by atoms with Gasteiger partial charge in [-0.25, -0.2) is 0 Å². The quantitative estimate of drug-likeness (QED) is 0.725. The van der Waals surface area contributed by atoms with E-state index in [2.05, 4.69) is 21.2 Å². The largest absolute Gasteiger partial charge is 0.338 e. The Balaban J connectivity index is 1.50. The summed E-state index contributed by atoms with van der Waals surface area (Å²) in [5.74, 6) is 2.81. The molecule has 6 heteroatoms. The molecule has 22 heavy (non-hydrogen) atoms. The molecule has 2 aliphatic heterocycles. The summed E-state index contributed by atoms with van der Waals surface area (Å²) in [5.41, 5.74) is -0.362. The Morgan fingerprint density at radius 1 is 1.41 bits per heavy atom. The normalized spacial score (nSPS) is 21.8. The highest BCUT2D eigenvalue weighted by molar-refractivity contribution is 5.77. The summed E-state index contributed by atoms with van der Waals surface area (Å²) >= 11 is 0. The first kappa shape index (κ1) is 14.8. The number of likely N-dealkylation sites (tertiary alicyclic amines) is 1. The van der Waals surface area contributed by atoms with Gasteiger partial charge in [0.25, 0.3) is 0 Å². The molecule has 0 aliphatic carbocycles. The second-order valence-electron chi connectivity index (χ2n) is 6.00. The van der Waals surface area contributed by atoms with Crippen molar-refractivity contribution in [2.45, 2.75) is 56.8 Å². The lowest BCUT2D eigenvalue weighted by molar-refractivity contribution is -0.132. The van der Waals surface area contributed by atoms with Gasteiger partial charge >= 0.3 is 0 Å². The molecule has 1 aromatic rings. The van der Waals surface area contributed by atoms with Gasteiger partial charge in [0.05, 0.1) is 12.6 Å². The van der Waals surface area contributed by atoms with E-state index in [-0.39, 0.29) is 17.6 Å². The van der Waals surface area contributed by atoms with Gasteiger partial charge < -0.3 is 4.90 Å². The molecule has 1 atom stereocenters. The van der Waals surface area contributed by atoms with Gasteiger partial charge in [-0.1, -0.05) is 0 Å². The van der Waals surface area contributed by atoms with Crippen LogP contribution in [0.5, 0.6) is 0 Å². The standard InChI is InChI=1S/C16H21N5O/c1-2-3-8-16(18-19-16)9-7-15(22)21-12-4-6-14(21)13-20-11-5-10-17-20/h1,5,10-11,14H,3-4,6-9,12-13H2. The summed E-state index contributed by atoms with van der Waals surface area (Å²) in [5, 5.41) is 12.4. The SMILES string of the molecule is C#CCCC1(CCC(=O)N2CCCC2Cn2cccn2)N=N1. The maximum Gasteiger partial charge on any atom is 0.223 e. The minimum atomic E-state index is -0.362. The molecule has 2 aliphatic rings. The summed E-state index contributed by atoms with van der Waals surface area (Å²) < 4.78 is 1.90. The monoisotopic (exact) mass is 299 g/mol. The van der Waals surface area contributed by atoms with Crippen molar-refractivity contribution in [3.8, 4) is 12.3 Å². The molecule has 0 N–H and O–H groups in total. The highest BCUT2D eigenvalue weighted by atomic mass is 16.2. The summed E-state index contributed by atoms with van der Waals surface area (Å²) in [6, 6.07) is 2.16. The predicted molar refractivity (Wildman–Crippen MR) is 81.9 cm³/mol. The fourth-order valence-electron chi connectivity index (χ4n) is 3.10. The maximum atomic E-state index is 12.5. The molecule has 3 rings (SSSR count). The molecule has 1 saturated heterocycles. The topological polar surface area (TPSA) is 62.9 Å². The molecule has 3 heterocycles. The van der Waals surface area contributed by atoms with Crippen molar-refractivity contribution < 1.29 is 4.79 Å². The molecule has 0 saturated carbocycles. The second kappa shape index (κ2) is 6.30. The van der Waals surface area contributed by atoms with Crippen LogP contribution in [0.4, 0.5) is 0 Å². The van der Waals surface area contributed by atoms with E-state index >= 15 is 0 Å². The van der Waals surface area contributed by atoms with E-state index in [0.29, 0.717) is 19.3 Å². The first-order valence-corrected chi connectivity index (χ1v) is 7.87. The average molecular weight is 299 g/mol. The third kappa shape index (κ3) is 3.35. The van der Waals surface area contributed by atoms with Gasteiger partial charge in [-0.05, 0) is 18.9 Å². The highest BCUT2D eigenvalue weighted by Crippen LogP contribution is 2.38. The van der Waals surface area contributed by atoms with E-state index in [1.54, 1.807) is 6.20 Å². The number of nitrogens with zero attached hydrogens (tertiary/aromatic N) is 5. The number of carbonyl (C=O) groups is 1. The fraction of sp³-hybridized carbons (Fsp3) is 0.625. The Bertz CT molecular complexity index is 580. The number of rotatable bonds is 7. The molecular formula is C16H21N5O. The van der Waals surface area contributed by atoms with Crippen LogP contribution in [0.1, 0.15) is 38.5 Å². The zero-order valence-corrected chi connectivity index (χ0v) is 12.7. The van der Waals surface area contributed by atoms with Crippen molar-refractivity contribution >= 4 is 5.91 Å². The second-order valence-corrected chi connectivity index (χ2v) is 6.00. The summed E-state index contributed by atoms with van der Waals surface area (Å²) in [6.45, 7) is 1.62. The zero-order chi connectivity index (χ0) is 15.4. The lowest BCUT2D eigenvalue weighted by Gasteiger charge is -2.25. The van der Waals surface area contributed by atoms with Crippen LogP contribution in [-0.2, 0) is 11.3 Å². The predicted octanol–water partition coefficient (Wildman–Crippen LogP) is 2.23. The van der Waals surface area contributed by atoms with E-state index in [4.69, 9.17) is 6.42 Å². The molecule has 1 amide bonds. The van der Waals surface area contributed by atoms with E-state index < -0.39 is 0 Å². The maximum absolute atomic E-state index is 12.5. The third-order valence-electron chi connectivity index (χ3n) is 4.45. The Kier molecular flexibility index (Phi) is 4.23. The minimum Gasteiger partial charge on any atom is -0.338 e. The van der Waals surface area contributed by atoms with Crippen LogP contribution in [0.2, 0.25) is 0 Å². The Morgan fingerprint density at radius 2 is 2.27 bits per heavy atom. The van der Waals surface area contributed by atoms with Gasteiger partial charge in [-0.15, -0.1) is 12.3 Å². The van der Waals surface area contributed by atoms with Crippen molar-refractivity contribution in [1.29, 1.82) is 0 Å². The zero-order valence-electron chi connectivity index (χ0n) is 12.7. The van der Waals surface area contributed by atoms with E-state index in [1.807, 2.05) is 21.8 Å². The van der Waals surface area contributed by atoms with E-state index in [0.717, 1.165) is 32.4 Å². The average Bonchev–Trinajstić information content (AvgIpc) is 2.92. The summed E-state index contributed by atoms with van der Waals surface area (Å²) in [4.78, 5) is 14.5. The van der Waals surface area contributed by atoms with Crippen LogP contribution in [0, 0.1) is 12.3 Å². The first-order chi connectivity index (χ1) is 10.7. The lowest BCUT2D eigenvalue weighted by atomic mass is 10.0. The Labute approximate surface area is 130 Å². The minimum absolute atomic E-state index is 0.201. The van der Waals surface area contributed by atoms with E-state index in [9.17, 15) is 4.79 Å². The summed E-state index contributed by atoms with van der Waals surface area (Å²) in [7, 11) is 0. The molecule has 6 nitrogen and oxygen atoms in total. The van der Waals surface area contributed by atoms with Crippen LogP contribution in [-0.4, -0.2) is 38.8 Å². The highest BCUT2D eigenvalue weighted by Gasteiger charge is 2.40. The molecule has 1 aromatic heterocycles. The van der Waals surface area contributed by atoms with Crippen LogP contribution in [0.15, 0.2) is 28.7 Å². The van der Waals surface area contributed by atoms with Gasteiger partial charge in [0, 0.05) is 44.6 Å². The smallest absolute Gasteiger partial charge is 0.223 e. The van der Waals surface area contributed by atoms with Crippen LogP contribution < -0.4 is 0 Å².